The van der Waals surface area contributed by atoms with Crippen LogP contribution >= 0.6 is 0 Å². The Labute approximate surface area is 99.8 Å². The number of aromatic hydroxyl groups is 1. The first kappa shape index (κ1) is 11.9. The third kappa shape index (κ3) is 1.89. The lowest BCUT2D eigenvalue weighted by molar-refractivity contribution is -0.152. The standard InChI is InChI=1S/C13H16O4/c1-8-3-4-9(7-10(8)14)13(5-6-13)11(15)12(16)17-2/h3-4,7,11,14-15H,5-6H2,1-2H3. The predicted molar refractivity (Wildman–Crippen MR) is 61.8 cm³/mol. The van der Waals surface area contributed by atoms with E-state index in [0.717, 1.165) is 24.0 Å². The molecule has 0 spiro atoms. The minimum absolute atomic E-state index is 0.186. The Kier molecular flexibility index (Phi) is 2.83. The first-order chi connectivity index (χ1) is 8.01. The van der Waals surface area contributed by atoms with Gasteiger partial charge in [0.1, 0.15) is 5.75 Å². The Morgan fingerprint density at radius 1 is 1.47 bits per heavy atom. The smallest absolute Gasteiger partial charge is 0.335 e. The fourth-order valence-corrected chi connectivity index (χ4v) is 2.11. The average Bonchev–Trinajstić information content (AvgIpc) is 3.12. The number of hydrogen-bond acceptors (Lipinski definition) is 4. The first-order valence-corrected chi connectivity index (χ1v) is 5.57. The summed E-state index contributed by atoms with van der Waals surface area (Å²) in [6.07, 6.45) is 0.298. The molecule has 2 rings (SSSR count). The summed E-state index contributed by atoms with van der Waals surface area (Å²) in [6.45, 7) is 1.80. The van der Waals surface area contributed by atoms with Gasteiger partial charge in [0.2, 0.25) is 0 Å². The maximum Gasteiger partial charge on any atom is 0.335 e. The van der Waals surface area contributed by atoms with Crippen molar-refractivity contribution in [2.24, 2.45) is 0 Å². The molecule has 2 N–H and O–H groups in total. The van der Waals surface area contributed by atoms with E-state index < -0.39 is 17.5 Å². The Morgan fingerprint density at radius 3 is 2.59 bits per heavy atom. The molecule has 4 nitrogen and oxygen atoms in total. The fraction of sp³-hybridized carbons (Fsp3) is 0.462. The molecule has 0 heterocycles. The van der Waals surface area contributed by atoms with Crippen LogP contribution in [0.5, 0.6) is 5.75 Å². The molecular formula is C13H16O4. The summed E-state index contributed by atoms with van der Waals surface area (Å²) in [5.41, 5.74) is 0.994. The van der Waals surface area contributed by atoms with Crippen LogP contribution in [0.3, 0.4) is 0 Å². The average molecular weight is 236 g/mol. The Bertz CT molecular complexity index is 449. The molecule has 1 aromatic rings. The molecule has 1 fully saturated rings. The molecule has 1 aromatic carbocycles. The van der Waals surface area contributed by atoms with E-state index in [1.54, 1.807) is 19.1 Å². The van der Waals surface area contributed by atoms with E-state index in [-0.39, 0.29) is 5.75 Å². The van der Waals surface area contributed by atoms with Crippen LogP contribution in [0.15, 0.2) is 18.2 Å². The summed E-state index contributed by atoms with van der Waals surface area (Å²) in [5, 5.41) is 19.6. The maximum atomic E-state index is 11.4. The lowest BCUT2D eigenvalue weighted by atomic mass is 9.89. The Balaban J connectivity index is 2.32. The summed E-state index contributed by atoms with van der Waals surface area (Å²) in [6, 6.07) is 5.25. The maximum absolute atomic E-state index is 11.4. The second-order valence-corrected chi connectivity index (χ2v) is 4.58. The van der Waals surface area contributed by atoms with Crippen LogP contribution in [-0.4, -0.2) is 29.4 Å². The molecule has 17 heavy (non-hydrogen) atoms. The normalized spacial score (nSPS) is 18.5. The highest BCUT2D eigenvalue weighted by atomic mass is 16.5. The predicted octanol–water partition coefficient (Wildman–Crippen LogP) is 1.27. The quantitative estimate of drug-likeness (QED) is 0.775. The van der Waals surface area contributed by atoms with Crippen molar-refractivity contribution in [1.29, 1.82) is 0 Å². The molecule has 1 aliphatic carbocycles. The van der Waals surface area contributed by atoms with Crippen molar-refractivity contribution in [3.63, 3.8) is 0 Å². The summed E-state index contributed by atoms with van der Waals surface area (Å²) in [5.74, 6) is -0.437. The first-order valence-electron chi connectivity index (χ1n) is 5.57. The lowest BCUT2D eigenvalue weighted by Gasteiger charge is -2.21. The van der Waals surface area contributed by atoms with Crippen LogP contribution in [0, 0.1) is 6.92 Å². The highest BCUT2D eigenvalue weighted by Gasteiger charge is 2.53. The third-order valence-electron chi connectivity index (χ3n) is 3.52. The number of benzene rings is 1. The van der Waals surface area contributed by atoms with Gasteiger partial charge in [-0.2, -0.15) is 0 Å². The number of phenols is 1. The number of aryl methyl sites for hydroxylation is 1. The van der Waals surface area contributed by atoms with Crippen molar-refractivity contribution in [3.8, 4) is 5.75 Å². The molecule has 0 bridgehead atoms. The van der Waals surface area contributed by atoms with Crippen LogP contribution in [0.25, 0.3) is 0 Å². The van der Waals surface area contributed by atoms with Gasteiger partial charge < -0.3 is 14.9 Å². The number of phenolic OH excluding ortho intramolecular Hbond substituents is 1. The van der Waals surface area contributed by atoms with Crippen LogP contribution in [0.1, 0.15) is 24.0 Å². The van der Waals surface area contributed by atoms with E-state index >= 15 is 0 Å². The van der Waals surface area contributed by atoms with Gasteiger partial charge in [-0.05, 0) is 37.0 Å². The second kappa shape index (κ2) is 4.04. The summed E-state index contributed by atoms with van der Waals surface area (Å²) >= 11 is 0. The van der Waals surface area contributed by atoms with Crippen molar-refractivity contribution in [1.82, 2.24) is 0 Å². The van der Waals surface area contributed by atoms with Gasteiger partial charge in [-0.1, -0.05) is 12.1 Å². The van der Waals surface area contributed by atoms with Gasteiger partial charge in [0.05, 0.1) is 7.11 Å². The van der Waals surface area contributed by atoms with E-state index in [4.69, 9.17) is 0 Å². The number of hydrogen-bond donors (Lipinski definition) is 2. The van der Waals surface area contributed by atoms with Gasteiger partial charge in [0.25, 0.3) is 0 Å². The van der Waals surface area contributed by atoms with Gasteiger partial charge in [0.15, 0.2) is 6.10 Å². The number of rotatable bonds is 3. The van der Waals surface area contributed by atoms with Crippen molar-refractivity contribution in [2.75, 3.05) is 7.11 Å². The molecule has 1 atom stereocenters. The van der Waals surface area contributed by atoms with Crippen LogP contribution in [0.2, 0.25) is 0 Å². The number of esters is 1. The van der Waals surface area contributed by atoms with Crippen molar-refractivity contribution in [2.45, 2.75) is 31.3 Å². The Morgan fingerprint density at radius 2 is 2.12 bits per heavy atom. The minimum atomic E-state index is -1.16. The number of aliphatic hydroxyl groups excluding tert-OH is 1. The topological polar surface area (TPSA) is 66.8 Å². The number of ether oxygens (including phenoxy) is 1. The van der Waals surface area contributed by atoms with E-state index in [1.807, 2.05) is 6.07 Å². The third-order valence-corrected chi connectivity index (χ3v) is 3.52. The van der Waals surface area contributed by atoms with E-state index in [2.05, 4.69) is 4.74 Å². The molecule has 0 radical (unpaired) electrons. The van der Waals surface area contributed by atoms with E-state index in [0.29, 0.717) is 0 Å². The molecule has 0 aromatic heterocycles. The molecule has 0 amide bonds. The number of carbonyl (C=O) groups excluding carboxylic acids is 1. The molecule has 1 unspecified atom stereocenters. The number of methoxy groups -OCH3 is 1. The zero-order valence-electron chi connectivity index (χ0n) is 9.93. The fourth-order valence-electron chi connectivity index (χ4n) is 2.11. The largest absolute Gasteiger partial charge is 0.508 e. The van der Waals surface area contributed by atoms with Gasteiger partial charge >= 0.3 is 5.97 Å². The summed E-state index contributed by atoms with van der Waals surface area (Å²) < 4.78 is 4.56. The zero-order valence-corrected chi connectivity index (χ0v) is 9.93. The van der Waals surface area contributed by atoms with Crippen molar-refractivity contribution < 1.29 is 19.7 Å². The molecule has 92 valence electrons. The summed E-state index contributed by atoms with van der Waals surface area (Å²) in [4.78, 5) is 11.4. The lowest BCUT2D eigenvalue weighted by Crippen LogP contribution is -2.34. The SMILES string of the molecule is COC(=O)C(O)C1(c2ccc(C)c(O)c2)CC1. The highest BCUT2D eigenvalue weighted by molar-refractivity contribution is 5.77. The van der Waals surface area contributed by atoms with Crippen LogP contribution in [-0.2, 0) is 14.9 Å². The number of aliphatic hydroxyl groups is 1. The Hall–Kier alpha value is -1.55. The molecule has 4 heteroatoms. The van der Waals surface area contributed by atoms with E-state index in [1.165, 1.54) is 7.11 Å². The van der Waals surface area contributed by atoms with Gasteiger partial charge in [0, 0.05) is 5.41 Å². The van der Waals surface area contributed by atoms with Crippen LogP contribution in [0.4, 0.5) is 0 Å². The highest BCUT2D eigenvalue weighted by Crippen LogP contribution is 2.52. The molecular weight excluding hydrogens is 220 g/mol. The van der Waals surface area contributed by atoms with Gasteiger partial charge in [-0.15, -0.1) is 0 Å². The van der Waals surface area contributed by atoms with Crippen molar-refractivity contribution in [3.05, 3.63) is 29.3 Å². The second-order valence-electron chi connectivity index (χ2n) is 4.58. The molecule has 1 aliphatic rings. The van der Waals surface area contributed by atoms with Gasteiger partial charge in [-0.25, -0.2) is 4.79 Å². The minimum Gasteiger partial charge on any atom is -0.508 e. The molecule has 0 aliphatic heterocycles. The zero-order chi connectivity index (χ0) is 12.6. The van der Waals surface area contributed by atoms with Crippen LogP contribution < -0.4 is 0 Å². The number of carbonyl (C=O) groups is 1. The summed E-state index contributed by atoms with van der Waals surface area (Å²) in [7, 11) is 1.26. The van der Waals surface area contributed by atoms with Crippen molar-refractivity contribution >= 4 is 5.97 Å². The molecule has 0 saturated heterocycles. The molecule has 1 saturated carbocycles. The van der Waals surface area contributed by atoms with E-state index in [9.17, 15) is 15.0 Å². The monoisotopic (exact) mass is 236 g/mol. The van der Waals surface area contributed by atoms with Gasteiger partial charge in [-0.3, -0.25) is 0 Å².